The molecule has 1 N–H and O–H groups in total. The first kappa shape index (κ1) is 23.7. The molecule has 0 saturated carbocycles. The predicted octanol–water partition coefficient (Wildman–Crippen LogP) is 4.12. The quantitative estimate of drug-likeness (QED) is 0.647. The van der Waals surface area contributed by atoms with Crippen LogP contribution in [-0.2, 0) is 14.8 Å². The highest BCUT2D eigenvalue weighted by atomic mass is 32.2. The molecule has 1 atom stereocenters. The van der Waals surface area contributed by atoms with E-state index >= 15 is 0 Å². The number of rotatable bonds is 9. The fraction of sp³-hybridized carbons (Fsp3) is 0.435. The summed E-state index contributed by atoms with van der Waals surface area (Å²) in [5, 5.41) is 2.97. The van der Waals surface area contributed by atoms with E-state index in [9.17, 15) is 13.2 Å². The summed E-state index contributed by atoms with van der Waals surface area (Å²) in [7, 11) is -3.66. The first-order valence-electron chi connectivity index (χ1n) is 10.1. The van der Waals surface area contributed by atoms with Gasteiger partial charge >= 0.3 is 0 Å². The van der Waals surface area contributed by atoms with Gasteiger partial charge in [0.1, 0.15) is 12.3 Å². The maximum atomic E-state index is 12.8. The van der Waals surface area contributed by atoms with Crippen LogP contribution in [0.5, 0.6) is 5.75 Å². The first-order valence-corrected chi connectivity index (χ1v) is 12.0. The van der Waals surface area contributed by atoms with E-state index in [4.69, 9.17) is 4.74 Å². The summed E-state index contributed by atoms with van der Waals surface area (Å²) >= 11 is 0. The third-order valence-electron chi connectivity index (χ3n) is 4.84. The molecule has 30 heavy (non-hydrogen) atoms. The van der Waals surface area contributed by atoms with E-state index in [0.29, 0.717) is 17.9 Å². The molecule has 0 fully saturated rings. The van der Waals surface area contributed by atoms with Crippen molar-refractivity contribution in [3.63, 3.8) is 0 Å². The molecule has 1 unspecified atom stereocenters. The van der Waals surface area contributed by atoms with Gasteiger partial charge < -0.3 is 10.1 Å². The molecule has 2 aromatic carbocycles. The fourth-order valence-corrected chi connectivity index (χ4v) is 4.01. The number of sulfonamides is 1. The number of nitrogens with one attached hydrogen (secondary N) is 1. The minimum Gasteiger partial charge on any atom is -0.491 e. The average molecular weight is 433 g/mol. The van der Waals surface area contributed by atoms with Gasteiger partial charge in [-0.1, -0.05) is 31.2 Å². The Morgan fingerprint density at radius 2 is 1.80 bits per heavy atom. The van der Waals surface area contributed by atoms with Crippen molar-refractivity contribution in [3.8, 4) is 5.75 Å². The Kier molecular flexibility index (Phi) is 7.89. The number of hydrogen-bond donors (Lipinski definition) is 1. The number of benzene rings is 2. The Labute approximate surface area is 180 Å². The molecule has 0 radical (unpaired) electrons. The molecule has 2 aromatic rings. The van der Waals surface area contributed by atoms with Crippen molar-refractivity contribution in [3.05, 3.63) is 59.2 Å². The van der Waals surface area contributed by atoms with Crippen LogP contribution < -0.4 is 14.4 Å². The van der Waals surface area contributed by atoms with Crippen molar-refractivity contribution < 1.29 is 17.9 Å². The van der Waals surface area contributed by atoms with E-state index in [2.05, 4.69) is 11.4 Å². The second kappa shape index (κ2) is 9.98. The largest absolute Gasteiger partial charge is 0.491 e. The van der Waals surface area contributed by atoms with Crippen LogP contribution in [0.4, 0.5) is 5.69 Å². The molecule has 0 spiro atoms. The molecule has 1 amide bonds. The normalized spacial score (nSPS) is 12.5. The van der Waals surface area contributed by atoms with Gasteiger partial charge in [0.25, 0.3) is 0 Å². The smallest absolute Gasteiger partial charge is 0.241 e. The van der Waals surface area contributed by atoms with Crippen LogP contribution in [-0.4, -0.2) is 33.2 Å². The molecule has 0 bridgehead atoms. The highest BCUT2D eigenvalue weighted by molar-refractivity contribution is 7.92. The lowest BCUT2D eigenvalue weighted by Crippen LogP contribution is -2.41. The second-order valence-electron chi connectivity index (χ2n) is 7.81. The summed E-state index contributed by atoms with van der Waals surface area (Å²) < 4.78 is 31.6. The lowest BCUT2D eigenvalue weighted by atomic mass is 9.99. The van der Waals surface area contributed by atoms with Crippen LogP contribution in [0.25, 0.3) is 0 Å². The minimum atomic E-state index is -3.66. The summed E-state index contributed by atoms with van der Waals surface area (Å²) in [5.74, 6) is 0.193. The Morgan fingerprint density at radius 3 is 2.37 bits per heavy atom. The van der Waals surface area contributed by atoms with E-state index in [1.807, 2.05) is 46.8 Å². The molecule has 164 valence electrons. The van der Waals surface area contributed by atoms with Crippen LogP contribution in [0.1, 0.15) is 49.9 Å². The third kappa shape index (κ3) is 6.49. The van der Waals surface area contributed by atoms with Crippen LogP contribution in [0.15, 0.2) is 42.5 Å². The second-order valence-corrected chi connectivity index (χ2v) is 9.71. The lowest BCUT2D eigenvalue weighted by molar-refractivity contribution is -0.120. The van der Waals surface area contributed by atoms with Gasteiger partial charge in [-0.2, -0.15) is 0 Å². The molecule has 0 aliphatic carbocycles. The van der Waals surface area contributed by atoms with Gasteiger partial charge in [-0.05, 0) is 62.9 Å². The van der Waals surface area contributed by atoms with Gasteiger partial charge in [-0.3, -0.25) is 9.10 Å². The number of carbonyl (C=O) groups excluding carboxylic acids is 1. The zero-order valence-electron chi connectivity index (χ0n) is 18.6. The van der Waals surface area contributed by atoms with Crippen molar-refractivity contribution in [2.45, 2.75) is 53.2 Å². The van der Waals surface area contributed by atoms with Gasteiger partial charge in [0.2, 0.25) is 15.9 Å². The molecular formula is C23H32N2O4S. The zero-order chi connectivity index (χ0) is 22.5. The SMILES string of the molecule is CCC(NC(=O)CN(c1cccc(OC(C)C)c1)S(C)(=O)=O)c1ccc(C)c(C)c1. The number of carbonyl (C=O) groups is 1. The third-order valence-corrected chi connectivity index (χ3v) is 5.98. The molecule has 6 nitrogen and oxygen atoms in total. The van der Waals surface area contributed by atoms with Crippen LogP contribution in [0.2, 0.25) is 0 Å². The van der Waals surface area contributed by atoms with Gasteiger partial charge in [-0.25, -0.2) is 8.42 Å². The monoisotopic (exact) mass is 432 g/mol. The van der Waals surface area contributed by atoms with Gasteiger partial charge in [0.15, 0.2) is 0 Å². The zero-order valence-corrected chi connectivity index (χ0v) is 19.4. The van der Waals surface area contributed by atoms with E-state index in [1.54, 1.807) is 24.3 Å². The molecule has 0 aliphatic heterocycles. The average Bonchev–Trinajstić information content (AvgIpc) is 2.65. The lowest BCUT2D eigenvalue weighted by Gasteiger charge is -2.25. The van der Waals surface area contributed by atoms with Crippen LogP contribution in [0.3, 0.4) is 0 Å². The molecule has 0 aromatic heterocycles. The van der Waals surface area contributed by atoms with E-state index in [1.165, 1.54) is 5.56 Å². The van der Waals surface area contributed by atoms with Crippen molar-refractivity contribution in [2.75, 3.05) is 17.1 Å². The highest BCUT2D eigenvalue weighted by Crippen LogP contribution is 2.24. The number of nitrogens with zero attached hydrogens (tertiary/aromatic N) is 1. The summed E-state index contributed by atoms with van der Waals surface area (Å²) in [6, 6.07) is 12.7. The number of ether oxygens (including phenoxy) is 1. The van der Waals surface area contributed by atoms with Gasteiger partial charge in [0, 0.05) is 6.07 Å². The molecule has 0 aliphatic rings. The molecule has 2 rings (SSSR count). The maximum Gasteiger partial charge on any atom is 0.241 e. The van der Waals surface area contributed by atoms with Crippen molar-refractivity contribution >= 4 is 21.6 Å². The van der Waals surface area contributed by atoms with Crippen LogP contribution >= 0.6 is 0 Å². The van der Waals surface area contributed by atoms with Crippen molar-refractivity contribution in [1.82, 2.24) is 5.32 Å². The van der Waals surface area contributed by atoms with E-state index in [-0.39, 0.29) is 24.6 Å². The Morgan fingerprint density at radius 1 is 1.10 bits per heavy atom. The Balaban J connectivity index is 2.22. The van der Waals surface area contributed by atoms with Crippen molar-refractivity contribution in [2.24, 2.45) is 0 Å². The van der Waals surface area contributed by atoms with E-state index < -0.39 is 10.0 Å². The summed E-state index contributed by atoms with van der Waals surface area (Å²) in [4.78, 5) is 12.8. The predicted molar refractivity (Wildman–Crippen MR) is 121 cm³/mol. The maximum absolute atomic E-state index is 12.8. The van der Waals surface area contributed by atoms with E-state index in [0.717, 1.165) is 21.7 Å². The molecule has 0 saturated heterocycles. The van der Waals surface area contributed by atoms with Crippen molar-refractivity contribution in [1.29, 1.82) is 0 Å². The van der Waals surface area contributed by atoms with Crippen LogP contribution in [0, 0.1) is 13.8 Å². The number of hydrogen-bond acceptors (Lipinski definition) is 4. The minimum absolute atomic E-state index is 0.0430. The Hall–Kier alpha value is -2.54. The molecule has 0 heterocycles. The molecule has 7 heteroatoms. The van der Waals surface area contributed by atoms with Gasteiger partial charge in [-0.15, -0.1) is 0 Å². The standard InChI is InChI=1S/C23H32N2O4S/c1-7-22(19-12-11-17(4)18(5)13-19)24-23(26)15-25(30(6,27)28)20-9-8-10-21(14-20)29-16(2)3/h8-14,16,22H,7,15H2,1-6H3,(H,24,26). The number of aryl methyl sites for hydroxylation is 2. The Bertz CT molecular complexity index is 986. The summed E-state index contributed by atoms with van der Waals surface area (Å²) in [6.45, 7) is 9.55. The highest BCUT2D eigenvalue weighted by Gasteiger charge is 2.23. The number of anilines is 1. The summed E-state index contributed by atoms with van der Waals surface area (Å²) in [5.41, 5.74) is 3.74. The molecular weight excluding hydrogens is 400 g/mol. The number of amides is 1. The fourth-order valence-electron chi connectivity index (χ4n) is 3.16. The van der Waals surface area contributed by atoms with Gasteiger partial charge in [0.05, 0.1) is 24.1 Å². The first-order chi connectivity index (χ1) is 14.0. The summed E-state index contributed by atoms with van der Waals surface area (Å²) in [6.07, 6.45) is 1.75. The topological polar surface area (TPSA) is 75.7 Å².